The second-order valence-corrected chi connectivity index (χ2v) is 4.85. The van der Waals surface area contributed by atoms with Crippen LogP contribution in [0.2, 0.25) is 0 Å². The van der Waals surface area contributed by atoms with Crippen molar-refractivity contribution in [3.63, 3.8) is 0 Å². The van der Waals surface area contributed by atoms with Crippen molar-refractivity contribution in [1.82, 2.24) is 14.7 Å². The first-order valence-electron chi connectivity index (χ1n) is 6.06. The minimum Gasteiger partial charge on any atom is -0.394 e. The van der Waals surface area contributed by atoms with Gasteiger partial charge in [-0.25, -0.2) is 0 Å². The number of hydrogen-bond acceptors (Lipinski definition) is 4. The van der Waals surface area contributed by atoms with E-state index in [2.05, 4.69) is 16.1 Å². The molecule has 0 saturated carbocycles. The van der Waals surface area contributed by atoms with Crippen LogP contribution in [0.4, 0.5) is 0 Å². The van der Waals surface area contributed by atoms with Crippen molar-refractivity contribution in [2.45, 2.75) is 32.6 Å². The van der Waals surface area contributed by atoms with Gasteiger partial charge in [-0.3, -0.25) is 9.58 Å². The fourth-order valence-corrected chi connectivity index (χ4v) is 2.41. The summed E-state index contributed by atoms with van der Waals surface area (Å²) < 4.78 is 7.54. The summed E-state index contributed by atoms with van der Waals surface area (Å²) in [5, 5.41) is 13.5. The van der Waals surface area contributed by atoms with Gasteiger partial charge in [0.1, 0.15) is 0 Å². The number of aliphatic hydroxyl groups is 1. The monoisotopic (exact) mass is 239 g/mol. The number of aromatic nitrogens is 2. The predicted octanol–water partition coefficient (Wildman–Crippen LogP) is 0.310. The molecule has 0 bridgehead atoms. The van der Waals surface area contributed by atoms with E-state index in [1.165, 1.54) is 5.69 Å². The molecule has 1 aliphatic heterocycles. The molecule has 2 rings (SSSR count). The van der Waals surface area contributed by atoms with Crippen molar-refractivity contribution in [3.8, 4) is 0 Å². The maximum absolute atomic E-state index is 9.18. The molecule has 5 nitrogen and oxygen atoms in total. The Bertz CT molecular complexity index is 378. The van der Waals surface area contributed by atoms with E-state index in [1.54, 1.807) is 0 Å². The normalized spacial score (nSPS) is 26.4. The van der Waals surface area contributed by atoms with Gasteiger partial charge in [-0.05, 0) is 19.9 Å². The summed E-state index contributed by atoms with van der Waals surface area (Å²) in [6.45, 7) is 6.68. The number of aryl methyl sites for hydroxylation is 2. The van der Waals surface area contributed by atoms with E-state index in [1.807, 2.05) is 25.6 Å². The number of ether oxygens (including phenoxy) is 1. The molecule has 1 fully saturated rings. The molecule has 0 amide bonds. The van der Waals surface area contributed by atoms with E-state index >= 15 is 0 Å². The fourth-order valence-electron chi connectivity index (χ4n) is 2.41. The molecule has 1 N–H and O–H groups in total. The van der Waals surface area contributed by atoms with Gasteiger partial charge in [0, 0.05) is 26.7 Å². The van der Waals surface area contributed by atoms with Crippen LogP contribution in [0, 0.1) is 6.92 Å². The van der Waals surface area contributed by atoms with E-state index in [4.69, 9.17) is 4.74 Å². The van der Waals surface area contributed by atoms with Crippen LogP contribution >= 0.6 is 0 Å². The lowest BCUT2D eigenvalue weighted by Crippen LogP contribution is -2.47. The second kappa shape index (κ2) is 5.16. The number of hydrogen-bond donors (Lipinski definition) is 1. The van der Waals surface area contributed by atoms with Gasteiger partial charge in [-0.1, -0.05) is 0 Å². The van der Waals surface area contributed by atoms with E-state index in [0.717, 1.165) is 25.3 Å². The SMILES string of the molecule is Cc1cc(CN2CC(C)OC(CO)C2)n(C)n1. The number of morpholine rings is 1. The maximum Gasteiger partial charge on any atom is 0.0936 e. The standard InChI is InChI=1S/C12H21N3O2/c1-9-4-11(14(3)13-9)6-15-5-10(2)17-12(7-15)8-16/h4,10,12,16H,5-8H2,1-3H3. The molecule has 1 aromatic heterocycles. The van der Waals surface area contributed by atoms with Crippen LogP contribution in [0.5, 0.6) is 0 Å². The Balaban J connectivity index is 2.00. The van der Waals surface area contributed by atoms with Crippen molar-refractivity contribution in [3.05, 3.63) is 17.5 Å². The van der Waals surface area contributed by atoms with Gasteiger partial charge in [0.15, 0.2) is 0 Å². The third kappa shape index (κ3) is 3.06. The van der Waals surface area contributed by atoms with Gasteiger partial charge in [-0.2, -0.15) is 5.10 Å². The topological polar surface area (TPSA) is 50.5 Å². The van der Waals surface area contributed by atoms with E-state index in [-0.39, 0.29) is 18.8 Å². The Labute approximate surface area is 102 Å². The molecule has 0 aliphatic carbocycles. The fraction of sp³-hybridized carbons (Fsp3) is 0.750. The Morgan fingerprint density at radius 3 is 2.88 bits per heavy atom. The minimum absolute atomic E-state index is 0.0620. The van der Waals surface area contributed by atoms with Crippen molar-refractivity contribution in [1.29, 1.82) is 0 Å². The van der Waals surface area contributed by atoms with Crippen LogP contribution in [-0.4, -0.2) is 51.7 Å². The molecule has 1 saturated heterocycles. The predicted molar refractivity (Wildman–Crippen MR) is 64.6 cm³/mol. The largest absolute Gasteiger partial charge is 0.394 e. The molecule has 1 aliphatic rings. The lowest BCUT2D eigenvalue weighted by atomic mass is 10.2. The van der Waals surface area contributed by atoms with E-state index < -0.39 is 0 Å². The van der Waals surface area contributed by atoms with Crippen molar-refractivity contribution >= 4 is 0 Å². The molecule has 1 aromatic rings. The van der Waals surface area contributed by atoms with Crippen LogP contribution in [0.1, 0.15) is 18.3 Å². The number of rotatable bonds is 3. The molecule has 0 aromatic carbocycles. The van der Waals surface area contributed by atoms with Gasteiger partial charge in [0.25, 0.3) is 0 Å². The number of nitrogens with zero attached hydrogens (tertiary/aromatic N) is 3. The highest BCUT2D eigenvalue weighted by Crippen LogP contribution is 2.14. The van der Waals surface area contributed by atoms with Gasteiger partial charge < -0.3 is 9.84 Å². The summed E-state index contributed by atoms with van der Waals surface area (Å²) in [5.74, 6) is 0. The zero-order chi connectivity index (χ0) is 12.4. The average Bonchev–Trinajstić information content (AvgIpc) is 2.56. The summed E-state index contributed by atoms with van der Waals surface area (Å²) in [4.78, 5) is 2.31. The highest BCUT2D eigenvalue weighted by atomic mass is 16.5. The zero-order valence-electron chi connectivity index (χ0n) is 10.8. The van der Waals surface area contributed by atoms with Crippen molar-refractivity contribution in [2.24, 2.45) is 7.05 Å². The van der Waals surface area contributed by atoms with Gasteiger partial charge >= 0.3 is 0 Å². The lowest BCUT2D eigenvalue weighted by Gasteiger charge is -2.35. The Morgan fingerprint density at radius 1 is 1.53 bits per heavy atom. The van der Waals surface area contributed by atoms with E-state index in [0.29, 0.717) is 0 Å². The summed E-state index contributed by atoms with van der Waals surface area (Å²) in [5.41, 5.74) is 2.25. The highest BCUT2D eigenvalue weighted by Gasteiger charge is 2.25. The van der Waals surface area contributed by atoms with Crippen LogP contribution in [-0.2, 0) is 18.3 Å². The average molecular weight is 239 g/mol. The molecule has 2 heterocycles. The molecule has 2 atom stereocenters. The third-order valence-corrected chi connectivity index (χ3v) is 3.09. The Hall–Kier alpha value is -0.910. The molecule has 2 unspecified atom stereocenters. The molecule has 0 spiro atoms. The third-order valence-electron chi connectivity index (χ3n) is 3.09. The van der Waals surface area contributed by atoms with Gasteiger partial charge in [0.05, 0.1) is 30.2 Å². The summed E-state index contributed by atoms with van der Waals surface area (Å²) in [6, 6.07) is 2.11. The Kier molecular flexibility index (Phi) is 3.81. The lowest BCUT2D eigenvalue weighted by molar-refractivity contribution is -0.0976. The quantitative estimate of drug-likeness (QED) is 0.825. The van der Waals surface area contributed by atoms with Gasteiger partial charge in [0.2, 0.25) is 0 Å². The first kappa shape index (κ1) is 12.5. The first-order valence-corrected chi connectivity index (χ1v) is 6.06. The van der Waals surface area contributed by atoms with E-state index in [9.17, 15) is 5.11 Å². The minimum atomic E-state index is -0.0620. The maximum atomic E-state index is 9.18. The first-order chi connectivity index (χ1) is 8.08. The summed E-state index contributed by atoms with van der Waals surface area (Å²) in [6.07, 6.45) is 0.114. The van der Waals surface area contributed by atoms with Crippen LogP contribution < -0.4 is 0 Å². The van der Waals surface area contributed by atoms with Gasteiger partial charge in [-0.15, -0.1) is 0 Å². The molecule has 17 heavy (non-hydrogen) atoms. The molecule has 5 heteroatoms. The van der Waals surface area contributed by atoms with Crippen LogP contribution in [0.15, 0.2) is 6.07 Å². The van der Waals surface area contributed by atoms with Crippen molar-refractivity contribution in [2.75, 3.05) is 19.7 Å². The van der Waals surface area contributed by atoms with Crippen LogP contribution in [0.3, 0.4) is 0 Å². The Morgan fingerprint density at radius 2 is 2.29 bits per heavy atom. The summed E-state index contributed by atoms with van der Waals surface area (Å²) >= 11 is 0. The molecule has 0 radical (unpaired) electrons. The second-order valence-electron chi connectivity index (χ2n) is 4.85. The van der Waals surface area contributed by atoms with Crippen LogP contribution in [0.25, 0.3) is 0 Å². The summed E-state index contributed by atoms with van der Waals surface area (Å²) in [7, 11) is 1.97. The molecule has 96 valence electrons. The highest BCUT2D eigenvalue weighted by molar-refractivity contribution is 5.08. The van der Waals surface area contributed by atoms with Crippen molar-refractivity contribution < 1.29 is 9.84 Å². The molecular weight excluding hydrogens is 218 g/mol. The smallest absolute Gasteiger partial charge is 0.0936 e. The zero-order valence-corrected chi connectivity index (χ0v) is 10.8. The number of aliphatic hydroxyl groups excluding tert-OH is 1. The molecular formula is C12H21N3O2.